The maximum atomic E-state index is 12.7. The molecule has 0 saturated carbocycles. The molecule has 2 aromatic rings. The molecule has 2 aromatic carbocycles. The second-order valence-electron chi connectivity index (χ2n) is 6.43. The predicted octanol–water partition coefficient (Wildman–Crippen LogP) is 2.97. The summed E-state index contributed by atoms with van der Waals surface area (Å²) in [5, 5.41) is 3.36. The van der Waals surface area contributed by atoms with Crippen LogP contribution in [0.25, 0.3) is 0 Å². The minimum Gasteiger partial charge on any atom is -0.492 e. The van der Waals surface area contributed by atoms with Gasteiger partial charge >= 0.3 is 0 Å². The van der Waals surface area contributed by atoms with E-state index in [9.17, 15) is 9.59 Å². The summed E-state index contributed by atoms with van der Waals surface area (Å²) in [6, 6.07) is 12.4. The number of terminal acetylenes is 1. The van der Waals surface area contributed by atoms with Gasteiger partial charge in [-0.25, -0.2) is 0 Å². The van der Waals surface area contributed by atoms with Crippen LogP contribution in [0.2, 0.25) is 5.02 Å². The first-order chi connectivity index (χ1) is 13.0. The molecule has 2 amide bonds. The highest BCUT2D eigenvalue weighted by molar-refractivity contribution is 6.30. The third-order valence-corrected chi connectivity index (χ3v) is 4.58. The van der Waals surface area contributed by atoms with Gasteiger partial charge in [-0.15, -0.1) is 6.42 Å². The smallest absolute Gasteiger partial charge is 0.243 e. The van der Waals surface area contributed by atoms with E-state index in [1.807, 2.05) is 6.07 Å². The molecule has 6 heteroatoms. The van der Waals surface area contributed by atoms with Crippen LogP contribution in [0, 0.1) is 18.3 Å². The Morgan fingerprint density at radius 2 is 2.15 bits per heavy atom. The van der Waals surface area contributed by atoms with Gasteiger partial charge in [0, 0.05) is 23.3 Å². The molecular formula is C21H19ClN2O3. The number of benzene rings is 2. The van der Waals surface area contributed by atoms with Crippen molar-refractivity contribution in [1.29, 1.82) is 0 Å². The fraction of sp³-hybridized carbons (Fsp3) is 0.238. The van der Waals surface area contributed by atoms with Gasteiger partial charge in [0.2, 0.25) is 11.8 Å². The molecule has 0 bridgehead atoms. The first-order valence-electron chi connectivity index (χ1n) is 8.49. The van der Waals surface area contributed by atoms with Crippen LogP contribution in [0.1, 0.15) is 11.1 Å². The minimum atomic E-state index is -0.349. The van der Waals surface area contributed by atoms with Crippen LogP contribution in [-0.2, 0) is 16.0 Å². The lowest BCUT2D eigenvalue weighted by Crippen LogP contribution is -2.42. The van der Waals surface area contributed by atoms with Crippen LogP contribution in [0.5, 0.6) is 5.75 Å². The second-order valence-corrected chi connectivity index (χ2v) is 6.87. The highest BCUT2D eigenvalue weighted by Crippen LogP contribution is 2.30. The molecule has 1 N–H and O–H groups in total. The van der Waals surface area contributed by atoms with Gasteiger partial charge in [0.15, 0.2) is 0 Å². The van der Waals surface area contributed by atoms with Crippen LogP contribution in [0.15, 0.2) is 42.5 Å². The topological polar surface area (TPSA) is 58.6 Å². The highest BCUT2D eigenvalue weighted by Gasteiger charge is 2.29. The van der Waals surface area contributed by atoms with Crippen LogP contribution >= 0.6 is 11.6 Å². The van der Waals surface area contributed by atoms with E-state index in [0.717, 1.165) is 11.3 Å². The highest BCUT2D eigenvalue weighted by atomic mass is 35.5. The first-order valence-corrected chi connectivity index (χ1v) is 8.87. The van der Waals surface area contributed by atoms with Gasteiger partial charge in [-0.2, -0.15) is 0 Å². The van der Waals surface area contributed by atoms with Crippen molar-refractivity contribution in [2.75, 3.05) is 25.5 Å². The van der Waals surface area contributed by atoms with E-state index < -0.39 is 0 Å². The van der Waals surface area contributed by atoms with Crippen molar-refractivity contribution in [1.82, 2.24) is 4.90 Å². The molecule has 27 heavy (non-hydrogen) atoms. The van der Waals surface area contributed by atoms with Crippen molar-refractivity contribution in [3.8, 4) is 18.1 Å². The van der Waals surface area contributed by atoms with Crippen molar-refractivity contribution in [2.45, 2.75) is 6.42 Å². The molecule has 0 aliphatic carbocycles. The summed E-state index contributed by atoms with van der Waals surface area (Å²) in [5.41, 5.74) is 2.17. The summed E-state index contributed by atoms with van der Waals surface area (Å²) in [6.45, 7) is 0.224. The standard InChI is InChI=1S/C21H19ClN2O3/c1-3-14-5-4-6-18(9-14)23-20(25)12-24(2)21(26)16-10-15-11-17(22)7-8-19(15)27-13-16/h1,4-9,11,16H,10,12-13H2,2H3,(H,23,25)/t16-/m1/s1. The lowest BCUT2D eigenvalue weighted by Gasteiger charge is -2.28. The van der Waals surface area contributed by atoms with E-state index in [-0.39, 0.29) is 30.9 Å². The molecule has 0 aromatic heterocycles. The monoisotopic (exact) mass is 382 g/mol. The molecule has 0 saturated heterocycles. The summed E-state index contributed by atoms with van der Waals surface area (Å²) >= 11 is 6.02. The Morgan fingerprint density at radius 1 is 1.33 bits per heavy atom. The largest absolute Gasteiger partial charge is 0.492 e. The van der Waals surface area contributed by atoms with Crippen molar-refractivity contribution in [3.63, 3.8) is 0 Å². The van der Waals surface area contributed by atoms with Gasteiger partial charge in [0.1, 0.15) is 12.4 Å². The van der Waals surface area contributed by atoms with Crippen molar-refractivity contribution < 1.29 is 14.3 Å². The molecule has 1 atom stereocenters. The van der Waals surface area contributed by atoms with Crippen LogP contribution in [0.4, 0.5) is 5.69 Å². The van der Waals surface area contributed by atoms with E-state index in [1.54, 1.807) is 43.4 Å². The molecule has 1 aliphatic heterocycles. The molecule has 138 valence electrons. The zero-order chi connectivity index (χ0) is 19.4. The summed E-state index contributed by atoms with van der Waals surface area (Å²) in [4.78, 5) is 26.3. The zero-order valence-corrected chi connectivity index (χ0v) is 15.6. The first kappa shape index (κ1) is 18.8. The van der Waals surface area contributed by atoms with E-state index in [2.05, 4.69) is 11.2 Å². The number of ether oxygens (including phenoxy) is 1. The third kappa shape index (κ3) is 4.60. The normalized spacial score (nSPS) is 15.1. The third-order valence-electron chi connectivity index (χ3n) is 4.35. The van der Waals surface area contributed by atoms with E-state index in [0.29, 0.717) is 22.7 Å². The van der Waals surface area contributed by atoms with Gasteiger partial charge in [-0.3, -0.25) is 9.59 Å². The number of carbonyl (C=O) groups excluding carboxylic acids is 2. The number of amides is 2. The molecule has 5 nitrogen and oxygen atoms in total. The Kier molecular flexibility index (Phi) is 5.68. The van der Waals surface area contributed by atoms with Crippen LogP contribution in [0.3, 0.4) is 0 Å². The molecule has 0 fully saturated rings. The average molecular weight is 383 g/mol. The fourth-order valence-electron chi connectivity index (χ4n) is 3.01. The molecule has 1 aliphatic rings. The average Bonchev–Trinajstić information content (AvgIpc) is 2.66. The fourth-order valence-corrected chi connectivity index (χ4v) is 3.21. The van der Waals surface area contributed by atoms with Gasteiger partial charge in [-0.1, -0.05) is 23.6 Å². The summed E-state index contributed by atoms with van der Waals surface area (Å²) in [5.74, 6) is 2.48. The van der Waals surface area contributed by atoms with E-state index in [1.165, 1.54) is 4.90 Å². The van der Waals surface area contributed by atoms with Crippen LogP contribution < -0.4 is 10.1 Å². The predicted molar refractivity (Wildman–Crippen MR) is 105 cm³/mol. The maximum Gasteiger partial charge on any atom is 0.243 e. The van der Waals surface area contributed by atoms with Crippen molar-refractivity contribution >= 4 is 29.1 Å². The van der Waals surface area contributed by atoms with Gasteiger partial charge in [0.05, 0.1) is 12.5 Å². The Balaban J connectivity index is 1.59. The Labute approximate surface area is 163 Å². The SMILES string of the molecule is C#Cc1cccc(NC(=O)CN(C)C(=O)[C@H]2COc3ccc(Cl)cc3C2)c1. The number of nitrogens with one attached hydrogen (secondary N) is 1. The van der Waals surface area contributed by atoms with Gasteiger partial charge in [0.25, 0.3) is 0 Å². The summed E-state index contributed by atoms with van der Waals surface area (Å²) in [7, 11) is 1.60. The summed E-state index contributed by atoms with van der Waals surface area (Å²) < 4.78 is 5.66. The number of fused-ring (bicyclic) bond motifs is 1. The quantitative estimate of drug-likeness (QED) is 0.827. The number of nitrogens with zero attached hydrogens (tertiary/aromatic N) is 1. The molecule has 1 heterocycles. The summed E-state index contributed by atoms with van der Waals surface area (Å²) in [6.07, 6.45) is 5.89. The lowest BCUT2D eigenvalue weighted by molar-refractivity contribution is -0.138. The Morgan fingerprint density at radius 3 is 2.93 bits per heavy atom. The van der Waals surface area contributed by atoms with E-state index in [4.69, 9.17) is 22.8 Å². The Bertz CT molecular complexity index is 920. The van der Waals surface area contributed by atoms with E-state index >= 15 is 0 Å². The minimum absolute atomic E-state index is 0.0575. The number of rotatable bonds is 4. The van der Waals surface area contributed by atoms with Crippen molar-refractivity contribution in [2.24, 2.45) is 5.92 Å². The maximum absolute atomic E-state index is 12.7. The molecule has 0 unspecified atom stereocenters. The van der Waals surface area contributed by atoms with Crippen LogP contribution in [-0.4, -0.2) is 36.9 Å². The van der Waals surface area contributed by atoms with Crippen molar-refractivity contribution in [3.05, 3.63) is 58.6 Å². The Hall–Kier alpha value is -2.97. The molecule has 3 rings (SSSR count). The number of hydrogen-bond donors (Lipinski definition) is 1. The molecule has 0 spiro atoms. The van der Waals surface area contributed by atoms with Gasteiger partial charge < -0.3 is 15.0 Å². The number of likely N-dealkylation sites (N-methyl/N-ethyl adjacent to an activating group) is 1. The number of hydrogen-bond acceptors (Lipinski definition) is 3. The number of anilines is 1. The number of carbonyl (C=O) groups is 2. The second kappa shape index (κ2) is 8.15. The molecular weight excluding hydrogens is 364 g/mol. The lowest BCUT2D eigenvalue weighted by atomic mass is 9.95. The molecule has 0 radical (unpaired) electrons. The zero-order valence-electron chi connectivity index (χ0n) is 14.9. The number of halogens is 1. The van der Waals surface area contributed by atoms with Gasteiger partial charge in [-0.05, 0) is 48.4 Å².